The number of fused-ring (bicyclic) bond motifs is 1. The molecule has 0 aromatic carbocycles. The van der Waals surface area contributed by atoms with E-state index in [0.717, 1.165) is 24.4 Å². The number of nitrogens with one attached hydrogen (secondary N) is 1. The van der Waals surface area contributed by atoms with Crippen molar-refractivity contribution in [2.45, 2.75) is 38.6 Å². The maximum absolute atomic E-state index is 11.2. The fourth-order valence-corrected chi connectivity index (χ4v) is 1.87. The summed E-state index contributed by atoms with van der Waals surface area (Å²) in [5, 5.41) is 3.06. The van der Waals surface area contributed by atoms with Crippen LogP contribution in [-0.4, -0.2) is 16.4 Å². The average molecular weight is 219 g/mol. The predicted octanol–water partition coefficient (Wildman–Crippen LogP) is 1.25. The number of nitrogens with zero attached hydrogens (tertiary/aromatic N) is 1. The van der Waals surface area contributed by atoms with Crippen molar-refractivity contribution in [2.75, 3.05) is 5.32 Å². The first-order chi connectivity index (χ1) is 7.49. The minimum absolute atomic E-state index is 0.380. The van der Waals surface area contributed by atoms with Crippen molar-refractivity contribution in [1.29, 1.82) is 0 Å². The van der Waals surface area contributed by atoms with Crippen molar-refractivity contribution in [3.05, 3.63) is 23.4 Å². The Morgan fingerprint density at radius 3 is 2.88 bits per heavy atom. The highest BCUT2D eigenvalue weighted by molar-refractivity contribution is 5.86. The maximum Gasteiger partial charge on any atom is 0.242 e. The van der Waals surface area contributed by atoms with Gasteiger partial charge in [0, 0.05) is 5.69 Å². The third-order valence-corrected chi connectivity index (χ3v) is 2.98. The van der Waals surface area contributed by atoms with Gasteiger partial charge in [0.25, 0.3) is 0 Å². The number of aromatic nitrogens is 1. The number of anilines is 1. The Kier molecular flexibility index (Phi) is 2.58. The molecule has 16 heavy (non-hydrogen) atoms. The molecule has 0 atom stereocenters. The molecule has 0 bridgehead atoms. The van der Waals surface area contributed by atoms with Gasteiger partial charge in [0.05, 0.1) is 0 Å². The number of nitrogens with two attached hydrogens (primary N) is 1. The van der Waals surface area contributed by atoms with Crippen LogP contribution in [-0.2, 0) is 17.6 Å². The van der Waals surface area contributed by atoms with Gasteiger partial charge in [-0.3, -0.25) is 4.79 Å². The standard InChI is InChI=1S/C12H17N3O/c1-12(2,11(13)16)15-10-7-6-8-4-3-5-9(8)14-10/h6-7H,3-5H2,1-2H3,(H2,13,16)(H,14,15). The van der Waals surface area contributed by atoms with Crippen molar-refractivity contribution in [2.24, 2.45) is 5.73 Å². The van der Waals surface area contributed by atoms with Gasteiger partial charge in [-0.1, -0.05) is 6.07 Å². The fourth-order valence-electron chi connectivity index (χ4n) is 1.87. The zero-order valence-electron chi connectivity index (χ0n) is 9.71. The number of pyridine rings is 1. The molecule has 4 nitrogen and oxygen atoms in total. The van der Waals surface area contributed by atoms with Crippen LogP contribution in [0.5, 0.6) is 0 Å². The quantitative estimate of drug-likeness (QED) is 0.803. The van der Waals surface area contributed by atoms with Crippen LogP contribution in [0.3, 0.4) is 0 Å². The lowest BCUT2D eigenvalue weighted by molar-refractivity contribution is -0.121. The number of hydrogen-bond acceptors (Lipinski definition) is 3. The number of carbonyl (C=O) groups excluding carboxylic acids is 1. The molecule has 0 unspecified atom stereocenters. The van der Waals surface area contributed by atoms with Gasteiger partial charge >= 0.3 is 0 Å². The lowest BCUT2D eigenvalue weighted by Gasteiger charge is -2.23. The van der Waals surface area contributed by atoms with Gasteiger partial charge in [-0.05, 0) is 44.7 Å². The van der Waals surface area contributed by atoms with Gasteiger partial charge in [0.15, 0.2) is 0 Å². The summed E-state index contributed by atoms with van der Waals surface area (Å²) in [6, 6.07) is 3.99. The van der Waals surface area contributed by atoms with Crippen LogP contribution in [0.15, 0.2) is 12.1 Å². The van der Waals surface area contributed by atoms with Crippen LogP contribution >= 0.6 is 0 Å². The summed E-state index contributed by atoms with van der Waals surface area (Å²) in [5.74, 6) is 0.347. The average Bonchev–Trinajstić information content (AvgIpc) is 2.63. The number of carbonyl (C=O) groups is 1. The molecule has 0 saturated heterocycles. The number of primary amides is 1. The summed E-state index contributed by atoms with van der Waals surface area (Å²) in [6.07, 6.45) is 3.31. The molecule has 86 valence electrons. The van der Waals surface area contributed by atoms with Gasteiger partial charge in [-0.15, -0.1) is 0 Å². The second kappa shape index (κ2) is 3.77. The molecule has 1 amide bonds. The highest BCUT2D eigenvalue weighted by atomic mass is 16.1. The van der Waals surface area contributed by atoms with Gasteiger partial charge in [-0.25, -0.2) is 4.98 Å². The van der Waals surface area contributed by atoms with Crippen LogP contribution in [0.4, 0.5) is 5.82 Å². The monoisotopic (exact) mass is 219 g/mol. The lowest BCUT2D eigenvalue weighted by atomic mass is 10.1. The number of hydrogen-bond donors (Lipinski definition) is 2. The Bertz CT molecular complexity index is 426. The highest BCUT2D eigenvalue weighted by Gasteiger charge is 2.25. The van der Waals surface area contributed by atoms with Crippen molar-refractivity contribution in [3.63, 3.8) is 0 Å². The van der Waals surface area contributed by atoms with Crippen LogP contribution in [0.25, 0.3) is 0 Å². The molecule has 1 aliphatic rings. The summed E-state index contributed by atoms with van der Waals surface area (Å²) in [6.45, 7) is 3.51. The minimum atomic E-state index is -0.764. The largest absolute Gasteiger partial charge is 0.368 e. The van der Waals surface area contributed by atoms with Gasteiger partial charge in [0.1, 0.15) is 11.4 Å². The van der Waals surface area contributed by atoms with E-state index in [0.29, 0.717) is 0 Å². The molecular formula is C12H17N3O. The molecule has 3 N–H and O–H groups in total. The Balaban J connectivity index is 2.20. The van der Waals surface area contributed by atoms with E-state index < -0.39 is 5.54 Å². The molecule has 0 spiro atoms. The van der Waals surface area contributed by atoms with Gasteiger partial charge in [-0.2, -0.15) is 0 Å². The molecule has 2 rings (SSSR count). The van der Waals surface area contributed by atoms with Crippen molar-refractivity contribution >= 4 is 11.7 Å². The molecule has 0 radical (unpaired) electrons. The van der Waals surface area contributed by atoms with Crippen molar-refractivity contribution in [3.8, 4) is 0 Å². The van der Waals surface area contributed by atoms with Crippen LogP contribution in [0, 0.1) is 0 Å². The third-order valence-electron chi connectivity index (χ3n) is 2.98. The summed E-state index contributed by atoms with van der Waals surface area (Å²) in [5.41, 5.74) is 7.00. The van der Waals surface area contributed by atoms with E-state index in [9.17, 15) is 4.79 Å². The normalized spacial score (nSPS) is 14.6. The Hall–Kier alpha value is -1.58. The van der Waals surface area contributed by atoms with Crippen LogP contribution in [0.2, 0.25) is 0 Å². The molecule has 1 aromatic heterocycles. The van der Waals surface area contributed by atoms with Crippen molar-refractivity contribution < 1.29 is 4.79 Å². The zero-order chi connectivity index (χ0) is 11.8. The molecule has 1 aromatic rings. The van der Waals surface area contributed by atoms with E-state index in [1.54, 1.807) is 13.8 Å². The van der Waals surface area contributed by atoms with Crippen LogP contribution < -0.4 is 11.1 Å². The third kappa shape index (κ3) is 2.01. The lowest BCUT2D eigenvalue weighted by Crippen LogP contribution is -2.45. The molecule has 1 heterocycles. The molecule has 0 aliphatic heterocycles. The van der Waals surface area contributed by atoms with E-state index >= 15 is 0 Å². The second-order valence-electron chi connectivity index (χ2n) is 4.77. The predicted molar refractivity (Wildman–Crippen MR) is 63.2 cm³/mol. The van der Waals surface area contributed by atoms with E-state index in [4.69, 9.17) is 5.73 Å². The van der Waals surface area contributed by atoms with E-state index in [2.05, 4.69) is 16.4 Å². The van der Waals surface area contributed by atoms with Crippen molar-refractivity contribution in [1.82, 2.24) is 4.98 Å². The van der Waals surface area contributed by atoms with Gasteiger partial charge in [0.2, 0.25) is 5.91 Å². The highest BCUT2D eigenvalue weighted by Crippen LogP contribution is 2.22. The second-order valence-corrected chi connectivity index (χ2v) is 4.77. The number of rotatable bonds is 3. The first-order valence-electron chi connectivity index (χ1n) is 5.56. The smallest absolute Gasteiger partial charge is 0.242 e. The van der Waals surface area contributed by atoms with E-state index in [1.807, 2.05) is 6.07 Å². The summed E-state index contributed by atoms with van der Waals surface area (Å²) in [4.78, 5) is 15.7. The fraction of sp³-hybridized carbons (Fsp3) is 0.500. The summed E-state index contributed by atoms with van der Waals surface area (Å²) < 4.78 is 0. The van der Waals surface area contributed by atoms with Crippen LogP contribution in [0.1, 0.15) is 31.5 Å². The summed E-state index contributed by atoms with van der Waals surface area (Å²) >= 11 is 0. The zero-order valence-corrected chi connectivity index (χ0v) is 9.71. The Morgan fingerprint density at radius 2 is 2.19 bits per heavy atom. The van der Waals surface area contributed by atoms with Gasteiger partial charge < -0.3 is 11.1 Å². The first kappa shape index (κ1) is 10.9. The SMILES string of the molecule is CC(C)(Nc1ccc2c(n1)CCC2)C(N)=O. The van der Waals surface area contributed by atoms with E-state index in [1.165, 1.54) is 12.0 Å². The Labute approximate surface area is 95.3 Å². The molecule has 0 fully saturated rings. The number of aryl methyl sites for hydroxylation is 2. The summed E-state index contributed by atoms with van der Waals surface area (Å²) in [7, 11) is 0. The molecule has 4 heteroatoms. The Morgan fingerprint density at radius 1 is 1.44 bits per heavy atom. The molecule has 0 saturated carbocycles. The van der Waals surface area contributed by atoms with E-state index in [-0.39, 0.29) is 5.91 Å². The molecular weight excluding hydrogens is 202 g/mol. The maximum atomic E-state index is 11.2. The topological polar surface area (TPSA) is 68.0 Å². The number of amides is 1. The first-order valence-corrected chi connectivity index (χ1v) is 5.56. The molecule has 1 aliphatic carbocycles. The minimum Gasteiger partial charge on any atom is -0.368 e.